The van der Waals surface area contributed by atoms with Crippen molar-refractivity contribution in [2.75, 3.05) is 13.1 Å². The molecule has 1 rings (SSSR count). The largest absolute Gasteiger partial charge is 0.325 e. The predicted molar refractivity (Wildman–Crippen MR) is 65.1 cm³/mol. The van der Waals surface area contributed by atoms with E-state index in [1.165, 1.54) is 13.8 Å². The summed E-state index contributed by atoms with van der Waals surface area (Å²) in [6.45, 7) is 0.733. The molecule has 0 unspecified atom stereocenters. The minimum absolute atomic E-state index is 0.154. The maximum Gasteiger partial charge on any atom is 0.273 e. The zero-order valence-corrected chi connectivity index (χ0v) is 11.3. The van der Waals surface area contributed by atoms with Crippen molar-refractivity contribution in [1.29, 1.82) is 0 Å². The Balaban J connectivity index is 3.09. The van der Waals surface area contributed by atoms with Gasteiger partial charge in [-0.2, -0.15) is 0 Å². The number of alkyl halides is 2. The Morgan fingerprint density at radius 3 is 2.16 bits per heavy atom. The van der Waals surface area contributed by atoms with Crippen LogP contribution in [0.4, 0.5) is 13.2 Å². The normalized spacial score (nSPS) is 12.7. The van der Waals surface area contributed by atoms with Crippen LogP contribution in [-0.2, 0) is 10.0 Å². The Morgan fingerprint density at radius 1 is 1.26 bits per heavy atom. The van der Waals surface area contributed by atoms with Crippen LogP contribution in [0.2, 0.25) is 0 Å². The van der Waals surface area contributed by atoms with Crippen LogP contribution in [0.15, 0.2) is 17.0 Å². The van der Waals surface area contributed by atoms with E-state index >= 15 is 0 Å². The first-order valence-corrected chi connectivity index (χ1v) is 6.92. The Morgan fingerprint density at radius 2 is 1.74 bits per heavy atom. The molecule has 0 spiro atoms. The molecule has 4 nitrogen and oxygen atoms in total. The topological polar surface area (TPSA) is 72.2 Å². The van der Waals surface area contributed by atoms with Crippen molar-refractivity contribution < 1.29 is 21.6 Å². The lowest BCUT2D eigenvalue weighted by atomic mass is 10.1. The molecule has 0 saturated heterocycles. The summed E-state index contributed by atoms with van der Waals surface area (Å²) in [5.74, 6) is -3.91. The van der Waals surface area contributed by atoms with Gasteiger partial charge in [0.25, 0.3) is 5.92 Å². The number of rotatable bonds is 5. The Bertz CT molecular complexity index is 550. The fourth-order valence-corrected chi connectivity index (χ4v) is 3.18. The molecular formula is C11H15F3N2O2S. The summed E-state index contributed by atoms with van der Waals surface area (Å²) in [6.07, 6.45) is 0. The standard InChI is InChI=1S/C11H15F3N2O2S/c1-7-3-9(12)4-8(2)10(7)19(17,18)16-6-11(13,14)5-15/h3-4,16H,5-6,15H2,1-2H3. The lowest BCUT2D eigenvalue weighted by molar-refractivity contribution is 0.0170. The van der Waals surface area contributed by atoms with Crippen LogP contribution >= 0.6 is 0 Å². The van der Waals surface area contributed by atoms with Crippen LogP contribution in [-0.4, -0.2) is 27.4 Å². The molecule has 0 atom stereocenters. The molecule has 0 radical (unpaired) electrons. The average Bonchev–Trinajstić information content (AvgIpc) is 2.25. The number of nitrogens with two attached hydrogens (primary N) is 1. The Labute approximate surface area is 109 Å². The molecule has 0 aliphatic rings. The monoisotopic (exact) mass is 296 g/mol. The highest BCUT2D eigenvalue weighted by Gasteiger charge is 2.30. The number of sulfonamides is 1. The third-order valence-electron chi connectivity index (χ3n) is 2.51. The van der Waals surface area contributed by atoms with Crippen LogP contribution < -0.4 is 10.5 Å². The molecule has 0 heterocycles. The summed E-state index contributed by atoms with van der Waals surface area (Å²) in [7, 11) is -4.13. The van der Waals surface area contributed by atoms with E-state index in [2.05, 4.69) is 0 Å². The molecule has 0 aromatic heterocycles. The number of nitrogens with one attached hydrogen (secondary N) is 1. The molecule has 8 heteroatoms. The first-order chi connectivity index (χ1) is 8.59. The van der Waals surface area contributed by atoms with Gasteiger partial charge < -0.3 is 5.73 Å². The highest BCUT2D eigenvalue weighted by Crippen LogP contribution is 2.22. The molecule has 0 aliphatic heterocycles. The van der Waals surface area contributed by atoms with Gasteiger partial charge in [0.05, 0.1) is 18.0 Å². The molecule has 108 valence electrons. The van der Waals surface area contributed by atoms with E-state index in [9.17, 15) is 21.6 Å². The maximum atomic E-state index is 13.1. The van der Waals surface area contributed by atoms with Gasteiger partial charge in [-0.3, -0.25) is 0 Å². The van der Waals surface area contributed by atoms with Crippen molar-refractivity contribution in [2.24, 2.45) is 5.73 Å². The van der Waals surface area contributed by atoms with Gasteiger partial charge in [-0.05, 0) is 37.1 Å². The van der Waals surface area contributed by atoms with Gasteiger partial charge in [0.1, 0.15) is 5.82 Å². The summed E-state index contributed by atoms with van der Waals surface area (Å²) in [4.78, 5) is -0.193. The number of hydrogen-bond donors (Lipinski definition) is 2. The van der Waals surface area contributed by atoms with E-state index in [-0.39, 0.29) is 16.0 Å². The second-order valence-corrected chi connectivity index (χ2v) is 5.96. The van der Waals surface area contributed by atoms with E-state index in [1.807, 2.05) is 0 Å². The molecule has 3 N–H and O–H groups in total. The zero-order chi connectivity index (χ0) is 14.8. The molecule has 0 fully saturated rings. The van der Waals surface area contributed by atoms with Crippen molar-refractivity contribution in [3.05, 3.63) is 29.1 Å². The highest BCUT2D eigenvalue weighted by atomic mass is 32.2. The van der Waals surface area contributed by atoms with Crippen LogP contribution in [0.1, 0.15) is 11.1 Å². The Kier molecular flexibility index (Phi) is 4.59. The molecule has 0 bridgehead atoms. The van der Waals surface area contributed by atoms with Crippen molar-refractivity contribution in [3.8, 4) is 0 Å². The summed E-state index contributed by atoms with van der Waals surface area (Å²) in [5, 5.41) is 0. The maximum absolute atomic E-state index is 13.1. The van der Waals surface area contributed by atoms with Crippen molar-refractivity contribution in [1.82, 2.24) is 4.72 Å². The van der Waals surface area contributed by atoms with Gasteiger partial charge in [0, 0.05) is 0 Å². The molecule has 1 aromatic rings. The van der Waals surface area contributed by atoms with Gasteiger partial charge in [-0.15, -0.1) is 0 Å². The van der Waals surface area contributed by atoms with Crippen molar-refractivity contribution in [3.63, 3.8) is 0 Å². The van der Waals surface area contributed by atoms with E-state index < -0.39 is 34.9 Å². The van der Waals surface area contributed by atoms with Crippen LogP contribution in [0, 0.1) is 19.7 Å². The van der Waals surface area contributed by atoms with E-state index in [4.69, 9.17) is 5.73 Å². The van der Waals surface area contributed by atoms with Crippen LogP contribution in [0.5, 0.6) is 0 Å². The predicted octanol–water partition coefficient (Wildman–Crippen LogP) is 1.31. The smallest absolute Gasteiger partial charge is 0.273 e. The van der Waals surface area contributed by atoms with Gasteiger partial charge in [-0.1, -0.05) is 0 Å². The van der Waals surface area contributed by atoms with Gasteiger partial charge in [0.15, 0.2) is 0 Å². The van der Waals surface area contributed by atoms with Crippen LogP contribution in [0.3, 0.4) is 0 Å². The Hall–Kier alpha value is -1.12. The molecular weight excluding hydrogens is 281 g/mol. The van der Waals surface area contributed by atoms with Gasteiger partial charge in [-0.25, -0.2) is 26.3 Å². The lowest BCUT2D eigenvalue weighted by Gasteiger charge is -2.16. The van der Waals surface area contributed by atoms with Gasteiger partial charge >= 0.3 is 0 Å². The van der Waals surface area contributed by atoms with Crippen molar-refractivity contribution in [2.45, 2.75) is 24.7 Å². The third-order valence-corrected chi connectivity index (χ3v) is 4.22. The fourth-order valence-electron chi connectivity index (χ4n) is 1.67. The fraction of sp³-hybridized carbons (Fsp3) is 0.455. The minimum atomic E-state index is -4.13. The second-order valence-electron chi connectivity index (χ2n) is 4.25. The molecule has 19 heavy (non-hydrogen) atoms. The SMILES string of the molecule is Cc1cc(F)cc(C)c1S(=O)(=O)NCC(F)(F)CN. The molecule has 0 aliphatic carbocycles. The van der Waals surface area contributed by atoms with Crippen LogP contribution in [0.25, 0.3) is 0 Å². The lowest BCUT2D eigenvalue weighted by Crippen LogP contribution is -2.41. The summed E-state index contributed by atoms with van der Waals surface area (Å²) < 4.78 is 64.6. The summed E-state index contributed by atoms with van der Waals surface area (Å²) in [6, 6.07) is 2.06. The van der Waals surface area contributed by atoms with Gasteiger partial charge in [0.2, 0.25) is 10.0 Å². The highest BCUT2D eigenvalue weighted by molar-refractivity contribution is 7.89. The third kappa shape index (κ3) is 3.92. The molecule has 1 aromatic carbocycles. The summed E-state index contributed by atoms with van der Waals surface area (Å²) in [5.41, 5.74) is 5.13. The number of benzene rings is 1. The second kappa shape index (κ2) is 5.48. The zero-order valence-electron chi connectivity index (χ0n) is 10.5. The average molecular weight is 296 g/mol. The number of hydrogen-bond acceptors (Lipinski definition) is 3. The quantitative estimate of drug-likeness (QED) is 0.860. The minimum Gasteiger partial charge on any atom is -0.325 e. The number of halogens is 3. The summed E-state index contributed by atoms with van der Waals surface area (Å²) >= 11 is 0. The molecule has 0 saturated carbocycles. The van der Waals surface area contributed by atoms with E-state index in [0.717, 1.165) is 12.1 Å². The van der Waals surface area contributed by atoms with Crippen molar-refractivity contribution >= 4 is 10.0 Å². The first kappa shape index (κ1) is 15.9. The van der Waals surface area contributed by atoms with E-state index in [0.29, 0.717) is 0 Å². The number of aryl methyl sites for hydroxylation is 2. The molecule has 0 amide bonds. The first-order valence-electron chi connectivity index (χ1n) is 5.43. The van der Waals surface area contributed by atoms with E-state index in [1.54, 1.807) is 4.72 Å².